The van der Waals surface area contributed by atoms with Gasteiger partial charge in [-0.2, -0.15) is 4.31 Å². The highest BCUT2D eigenvalue weighted by Gasteiger charge is 2.24. The van der Waals surface area contributed by atoms with Crippen LogP contribution in [0.1, 0.15) is 11.4 Å². The van der Waals surface area contributed by atoms with Gasteiger partial charge in [-0.3, -0.25) is 0 Å². The largest absolute Gasteiger partial charge is 0.399 e. The van der Waals surface area contributed by atoms with Gasteiger partial charge in [0.1, 0.15) is 5.82 Å². The van der Waals surface area contributed by atoms with E-state index >= 15 is 0 Å². The van der Waals surface area contributed by atoms with Crippen LogP contribution in [0.3, 0.4) is 0 Å². The lowest BCUT2D eigenvalue weighted by molar-refractivity contribution is 0.451. The van der Waals surface area contributed by atoms with Gasteiger partial charge in [-0.05, 0) is 24.6 Å². The molecule has 0 bridgehead atoms. The fourth-order valence-corrected chi connectivity index (χ4v) is 3.28. The molecule has 0 radical (unpaired) electrons. The van der Waals surface area contributed by atoms with Crippen LogP contribution in [0.15, 0.2) is 35.5 Å². The summed E-state index contributed by atoms with van der Waals surface area (Å²) >= 11 is 0. The summed E-state index contributed by atoms with van der Waals surface area (Å²) < 4.78 is 28.2. The van der Waals surface area contributed by atoms with Gasteiger partial charge in [0.05, 0.1) is 11.4 Å². The summed E-state index contributed by atoms with van der Waals surface area (Å²) in [6.07, 6.45) is 3.42. The summed E-state index contributed by atoms with van der Waals surface area (Å²) in [4.78, 5) is 4.37. The lowest BCUT2D eigenvalue weighted by atomic mass is 10.2. The maximum absolute atomic E-state index is 12.6. The van der Waals surface area contributed by atoms with E-state index in [9.17, 15) is 8.42 Å². The Hall–Kier alpha value is -1.86. The minimum absolute atomic E-state index is 0.208. The lowest BCUT2D eigenvalue weighted by Crippen LogP contribution is -2.28. The predicted molar refractivity (Wildman–Crippen MR) is 77.5 cm³/mol. The van der Waals surface area contributed by atoms with Gasteiger partial charge in [0.25, 0.3) is 0 Å². The number of nitrogen functional groups attached to an aromatic ring is 1. The zero-order valence-corrected chi connectivity index (χ0v) is 12.6. The van der Waals surface area contributed by atoms with E-state index < -0.39 is 10.0 Å². The smallest absolute Gasteiger partial charge is 0.243 e. The van der Waals surface area contributed by atoms with Gasteiger partial charge in [-0.1, -0.05) is 6.07 Å². The van der Waals surface area contributed by atoms with Crippen molar-refractivity contribution < 1.29 is 8.42 Å². The van der Waals surface area contributed by atoms with E-state index in [1.165, 1.54) is 17.4 Å². The molecule has 0 saturated carbocycles. The predicted octanol–water partition coefficient (Wildman–Crippen LogP) is 1.13. The molecule has 1 heterocycles. The Morgan fingerprint density at radius 2 is 2.10 bits per heavy atom. The highest BCUT2D eigenvalue weighted by atomic mass is 32.2. The average molecular weight is 294 g/mol. The van der Waals surface area contributed by atoms with Crippen molar-refractivity contribution in [1.29, 1.82) is 0 Å². The van der Waals surface area contributed by atoms with E-state index in [4.69, 9.17) is 5.73 Å². The Bertz CT molecular complexity index is 722. The first-order valence-corrected chi connectivity index (χ1v) is 7.55. The van der Waals surface area contributed by atoms with E-state index in [1.807, 2.05) is 7.05 Å². The molecule has 0 saturated heterocycles. The molecular formula is C13H18N4O2S. The van der Waals surface area contributed by atoms with Gasteiger partial charge >= 0.3 is 0 Å². The third-order valence-electron chi connectivity index (χ3n) is 3.19. The summed E-state index contributed by atoms with van der Waals surface area (Å²) in [5.41, 5.74) is 6.79. The summed E-state index contributed by atoms with van der Waals surface area (Å²) in [7, 11) is -0.223. The van der Waals surface area contributed by atoms with Crippen LogP contribution < -0.4 is 5.73 Å². The van der Waals surface area contributed by atoms with Gasteiger partial charge in [0.15, 0.2) is 0 Å². The quantitative estimate of drug-likeness (QED) is 0.857. The second kappa shape index (κ2) is 5.26. The second-order valence-corrected chi connectivity index (χ2v) is 6.75. The first kappa shape index (κ1) is 14.5. The topological polar surface area (TPSA) is 81.2 Å². The molecule has 0 aliphatic carbocycles. The van der Waals surface area contributed by atoms with Crippen LogP contribution in [0.5, 0.6) is 0 Å². The van der Waals surface area contributed by atoms with Crippen LogP contribution in [0.4, 0.5) is 5.69 Å². The van der Waals surface area contributed by atoms with E-state index in [0.29, 0.717) is 17.1 Å². The number of nitrogens with zero attached hydrogens (tertiary/aromatic N) is 3. The lowest BCUT2D eigenvalue weighted by Gasteiger charge is -2.18. The van der Waals surface area contributed by atoms with Gasteiger partial charge in [-0.25, -0.2) is 13.4 Å². The molecule has 2 aromatic rings. The van der Waals surface area contributed by atoms with Crippen LogP contribution in [0.25, 0.3) is 0 Å². The molecule has 0 spiro atoms. The molecule has 20 heavy (non-hydrogen) atoms. The fraction of sp³-hybridized carbons (Fsp3) is 0.308. The van der Waals surface area contributed by atoms with Crippen molar-refractivity contribution in [3.8, 4) is 0 Å². The van der Waals surface area contributed by atoms with Crippen LogP contribution >= 0.6 is 0 Å². The fourth-order valence-electron chi connectivity index (χ4n) is 1.90. The summed E-state index contributed by atoms with van der Waals surface area (Å²) in [5, 5.41) is 0. The molecule has 1 aromatic heterocycles. The zero-order valence-electron chi connectivity index (χ0n) is 11.7. The molecule has 0 aliphatic rings. The third kappa shape index (κ3) is 2.68. The van der Waals surface area contributed by atoms with Crippen molar-refractivity contribution >= 4 is 15.7 Å². The molecule has 0 fully saturated rings. The van der Waals surface area contributed by atoms with Crippen molar-refractivity contribution in [3.63, 3.8) is 0 Å². The van der Waals surface area contributed by atoms with Gasteiger partial charge in [-0.15, -0.1) is 0 Å². The third-order valence-corrected chi connectivity index (χ3v) is 5.13. The van der Waals surface area contributed by atoms with Crippen molar-refractivity contribution in [1.82, 2.24) is 13.9 Å². The molecule has 2 rings (SSSR count). The molecule has 108 valence electrons. The summed E-state index contributed by atoms with van der Waals surface area (Å²) in [5.74, 6) is 0.678. The van der Waals surface area contributed by atoms with Crippen molar-refractivity contribution in [3.05, 3.63) is 42.0 Å². The highest BCUT2D eigenvalue weighted by Crippen LogP contribution is 2.22. The Balaban J connectivity index is 2.35. The minimum Gasteiger partial charge on any atom is -0.399 e. The van der Waals surface area contributed by atoms with Crippen LogP contribution in [-0.4, -0.2) is 29.3 Å². The number of anilines is 1. The van der Waals surface area contributed by atoms with E-state index in [-0.39, 0.29) is 11.4 Å². The number of hydrogen-bond donors (Lipinski definition) is 1. The van der Waals surface area contributed by atoms with Gasteiger partial charge < -0.3 is 10.3 Å². The molecule has 6 nitrogen and oxygen atoms in total. The summed E-state index contributed by atoms with van der Waals surface area (Å²) in [6, 6.07) is 4.88. The molecule has 0 aliphatic heterocycles. The molecule has 0 amide bonds. The number of imidazole rings is 1. The monoisotopic (exact) mass is 294 g/mol. The standard InChI is InChI=1S/C13H18N4O2S/c1-10-4-5-11(14)8-12(10)20(18,19)17(3)9-13-15-6-7-16(13)2/h4-8H,9,14H2,1-3H3. The van der Waals surface area contributed by atoms with Crippen molar-refractivity contribution in [2.24, 2.45) is 7.05 Å². The highest BCUT2D eigenvalue weighted by molar-refractivity contribution is 7.89. The minimum atomic E-state index is -3.58. The number of sulfonamides is 1. The van der Waals surface area contributed by atoms with Crippen LogP contribution in [0, 0.1) is 6.92 Å². The SMILES string of the molecule is Cc1ccc(N)cc1S(=O)(=O)N(C)Cc1nccn1C. The molecule has 0 atom stereocenters. The number of aromatic nitrogens is 2. The Labute approximate surface area is 118 Å². The number of nitrogens with two attached hydrogens (primary N) is 1. The second-order valence-electron chi connectivity index (χ2n) is 4.74. The zero-order chi connectivity index (χ0) is 14.9. The van der Waals surface area contributed by atoms with Gasteiger partial charge in [0, 0.05) is 32.2 Å². The van der Waals surface area contributed by atoms with E-state index in [1.54, 1.807) is 36.0 Å². The normalized spacial score (nSPS) is 12.0. The Kier molecular flexibility index (Phi) is 3.82. The number of hydrogen-bond acceptors (Lipinski definition) is 4. The molecule has 7 heteroatoms. The van der Waals surface area contributed by atoms with E-state index in [2.05, 4.69) is 4.98 Å². The van der Waals surface area contributed by atoms with Crippen LogP contribution in [0.2, 0.25) is 0 Å². The number of aryl methyl sites for hydroxylation is 2. The number of rotatable bonds is 4. The molecule has 1 aromatic carbocycles. The number of benzene rings is 1. The Morgan fingerprint density at radius 1 is 1.40 bits per heavy atom. The summed E-state index contributed by atoms with van der Waals surface area (Å²) in [6.45, 7) is 1.96. The average Bonchev–Trinajstić information content (AvgIpc) is 2.78. The molecular weight excluding hydrogens is 276 g/mol. The van der Waals surface area contributed by atoms with Crippen molar-refractivity contribution in [2.45, 2.75) is 18.4 Å². The first-order valence-electron chi connectivity index (χ1n) is 6.11. The van der Waals surface area contributed by atoms with Crippen LogP contribution in [-0.2, 0) is 23.6 Å². The first-order chi connectivity index (χ1) is 9.32. The van der Waals surface area contributed by atoms with Crippen molar-refractivity contribution in [2.75, 3.05) is 12.8 Å². The molecule has 0 unspecified atom stereocenters. The maximum Gasteiger partial charge on any atom is 0.243 e. The molecule has 2 N–H and O–H groups in total. The van der Waals surface area contributed by atoms with E-state index in [0.717, 1.165) is 0 Å². The van der Waals surface area contributed by atoms with Gasteiger partial charge in [0.2, 0.25) is 10.0 Å². The Morgan fingerprint density at radius 3 is 2.70 bits per heavy atom. The maximum atomic E-state index is 12.6.